The van der Waals surface area contributed by atoms with E-state index in [1.54, 1.807) is 14.2 Å². The van der Waals surface area contributed by atoms with Gasteiger partial charge in [-0.2, -0.15) is 0 Å². The minimum absolute atomic E-state index is 0.577. The fourth-order valence-corrected chi connectivity index (χ4v) is 1.89. The standard InChI is InChI=1S/C15H19N3O2/c1-10-4-7-13(16)15(18-10)17-9-11-5-6-12(19-2)8-14(11)20-3/h4-8H,9,16H2,1-3H3,(H,17,18). The van der Waals surface area contributed by atoms with Gasteiger partial charge in [0, 0.05) is 23.9 Å². The maximum absolute atomic E-state index is 5.89. The average molecular weight is 273 g/mol. The smallest absolute Gasteiger partial charge is 0.149 e. The molecule has 5 heteroatoms. The van der Waals surface area contributed by atoms with Gasteiger partial charge < -0.3 is 20.5 Å². The number of ether oxygens (including phenoxy) is 2. The molecule has 1 heterocycles. The molecule has 2 rings (SSSR count). The number of aryl methyl sites for hydroxylation is 1. The van der Waals surface area contributed by atoms with Gasteiger partial charge in [-0.3, -0.25) is 0 Å². The highest BCUT2D eigenvalue weighted by Gasteiger charge is 2.06. The molecule has 20 heavy (non-hydrogen) atoms. The topological polar surface area (TPSA) is 69.4 Å². The van der Waals surface area contributed by atoms with Crippen molar-refractivity contribution in [2.75, 3.05) is 25.3 Å². The van der Waals surface area contributed by atoms with E-state index in [9.17, 15) is 0 Å². The van der Waals surface area contributed by atoms with Gasteiger partial charge in [-0.25, -0.2) is 4.98 Å². The summed E-state index contributed by atoms with van der Waals surface area (Å²) in [5.74, 6) is 2.21. The summed E-state index contributed by atoms with van der Waals surface area (Å²) in [5.41, 5.74) is 8.45. The molecule has 0 bridgehead atoms. The molecule has 0 fully saturated rings. The number of pyridine rings is 1. The first kappa shape index (κ1) is 14.0. The number of methoxy groups -OCH3 is 2. The lowest BCUT2D eigenvalue weighted by Crippen LogP contribution is -2.06. The van der Waals surface area contributed by atoms with Crippen LogP contribution in [-0.4, -0.2) is 19.2 Å². The highest BCUT2D eigenvalue weighted by atomic mass is 16.5. The Morgan fingerprint density at radius 1 is 1.15 bits per heavy atom. The molecule has 3 N–H and O–H groups in total. The second-order valence-corrected chi connectivity index (χ2v) is 4.42. The second-order valence-electron chi connectivity index (χ2n) is 4.42. The largest absolute Gasteiger partial charge is 0.497 e. The van der Waals surface area contributed by atoms with E-state index < -0.39 is 0 Å². The Hall–Kier alpha value is -2.43. The Bertz CT molecular complexity index is 600. The molecule has 0 aliphatic rings. The first-order valence-corrected chi connectivity index (χ1v) is 6.32. The number of nitrogens with zero attached hydrogens (tertiary/aromatic N) is 1. The lowest BCUT2D eigenvalue weighted by Gasteiger charge is -2.13. The third kappa shape index (κ3) is 3.12. The Balaban J connectivity index is 2.16. The van der Waals surface area contributed by atoms with Gasteiger partial charge in [0.2, 0.25) is 0 Å². The molecule has 0 spiro atoms. The molecule has 0 aliphatic heterocycles. The molecule has 0 saturated heterocycles. The van der Waals surface area contributed by atoms with Gasteiger partial charge in [-0.15, -0.1) is 0 Å². The number of nitrogens with one attached hydrogen (secondary N) is 1. The lowest BCUT2D eigenvalue weighted by atomic mass is 10.2. The number of nitrogen functional groups attached to an aromatic ring is 1. The lowest BCUT2D eigenvalue weighted by molar-refractivity contribution is 0.391. The van der Waals surface area contributed by atoms with E-state index in [4.69, 9.17) is 15.2 Å². The predicted octanol–water partition coefficient (Wildman–Crippen LogP) is 2.60. The van der Waals surface area contributed by atoms with Gasteiger partial charge >= 0.3 is 0 Å². The van der Waals surface area contributed by atoms with Crippen LogP contribution in [0.2, 0.25) is 0 Å². The van der Waals surface area contributed by atoms with E-state index in [2.05, 4.69) is 10.3 Å². The molecule has 5 nitrogen and oxygen atoms in total. The van der Waals surface area contributed by atoms with Crippen molar-refractivity contribution in [1.29, 1.82) is 0 Å². The molecule has 0 aliphatic carbocycles. The second kappa shape index (κ2) is 6.14. The summed E-state index contributed by atoms with van der Waals surface area (Å²) in [6.07, 6.45) is 0. The number of benzene rings is 1. The van der Waals surface area contributed by atoms with Crippen molar-refractivity contribution in [3.8, 4) is 11.5 Å². The van der Waals surface area contributed by atoms with Crippen LogP contribution >= 0.6 is 0 Å². The monoisotopic (exact) mass is 273 g/mol. The van der Waals surface area contributed by atoms with Crippen molar-refractivity contribution in [3.05, 3.63) is 41.6 Å². The van der Waals surface area contributed by atoms with Gasteiger partial charge in [0.25, 0.3) is 0 Å². The number of nitrogens with two attached hydrogens (primary N) is 1. The maximum Gasteiger partial charge on any atom is 0.149 e. The molecule has 0 saturated carbocycles. The molecule has 106 valence electrons. The van der Waals surface area contributed by atoms with Crippen LogP contribution in [0.25, 0.3) is 0 Å². The summed E-state index contributed by atoms with van der Waals surface area (Å²) in [4.78, 5) is 4.38. The fraction of sp³-hybridized carbons (Fsp3) is 0.267. The van der Waals surface area contributed by atoms with E-state index in [-0.39, 0.29) is 0 Å². The van der Waals surface area contributed by atoms with Crippen LogP contribution in [-0.2, 0) is 6.54 Å². The number of hydrogen-bond acceptors (Lipinski definition) is 5. The summed E-state index contributed by atoms with van der Waals surface area (Å²) in [7, 11) is 3.27. The molecule has 0 atom stereocenters. The summed E-state index contributed by atoms with van der Waals surface area (Å²) in [6, 6.07) is 9.43. The first-order valence-electron chi connectivity index (χ1n) is 6.32. The van der Waals surface area contributed by atoms with E-state index in [0.29, 0.717) is 18.1 Å². The zero-order valence-corrected chi connectivity index (χ0v) is 11.9. The van der Waals surface area contributed by atoms with Crippen molar-refractivity contribution in [3.63, 3.8) is 0 Å². The summed E-state index contributed by atoms with van der Waals surface area (Å²) >= 11 is 0. The van der Waals surface area contributed by atoms with Crippen LogP contribution in [0.5, 0.6) is 11.5 Å². The Morgan fingerprint density at radius 2 is 1.95 bits per heavy atom. The maximum atomic E-state index is 5.89. The van der Waals surface area contributed by atoms with Crippen molar-refractivity contribution >= 4 is 11.5 Å². The SMILES string of the molecule is COc1ccc(CNc2nc(C)ccc2N)c(OC)c1. The molecule has 1 aromatic heterocycles. The number of rotatable bonds is 5. The van der Waals surface area contributed by atoms with Crippen molar-refractivity contribution < 1.29 is 9.47 Å². The van der Waals surface area contributed by atoms with Crippen molar-refractivity contribution in [2.45, 2.75) is 13.5 Å². The Morgan fingerprint density at radius 3 is 2.65 bits per heavy atom. The fourth-order valence-electron chi connectivity index (χ4n) is 1.89. The molecule has 0 unspecified atom stereocenters. The molecule has 0 amide bonds. The molecular weight excluding hydrogens is 254 g/mol. The van der Waals surface area contributed by atoms with Crippen LogP contribution in [0, 0.1) is 6.92 Å². The van der Waals surface area contributed by atoms with Gasteiger partial charge in [-0.1, -0.05) is 0 Å². The normalized spacial score (nSPS) is 10.2. The third-order valence-electron chi connectivity index (χ3n) is 3.01. The molecule has 0 radical (unpaired) electrons. The highest BCUT2D eigenvalue weighted by Crippen LogP contribution is 2.26. The van der Waals surface area contributed by atoms with Crippen LogP contribution in [0.3, 0.4) is 0 Å². The van der Waals surface area contributed by atoms with Crippen LogP contribution < -0.4 is 20.5 Å². The number of aromatic nitrogens is 1. The van der Waals surface area contributed by atoms with Crippen molar-refractivity contribution in [2.24, 2.45) is 0 Å². The summed E-state index contributed by atoms with van der Waals surface area (Å²) in [5, 5.41) is 3.23. The number of hydrogen-bond donors (Lipinski definition) is 2. The van der Waals surface area contributed by atoms with E-state index in [1.165, 1.54) is 0 Å². The quantitative estimate of drug-likeness (QED) is 0.876. The van der Waals surface area contributed by atoms with Crippen LogP contribution in [0.4, 0.5) is 11.5 Å². The van der Waals surface area contributed by atoms with Gasteiger partial charge in [0.05, 0.1) is 19.9 Å². The molecular formula is C15H19N3O2. The van der Waals surface area contributed by atoms with E-state index in [0.717, 1.165) is 22.8 Å². The highest BCUT2D eigenvalue weighted by molar-refractivity contribution is 5.61. The van der Waals surface area contributed by atoms with Crippen molar-refractivity contribution in [1.82, 2.24) is 4.98 Å². The van der Waals surface area contributed by atoms with Crippen LogP contribution in [0.1, 0.15) is 11.3 Å². The van der Waals surface area contributed by atoms with Gasteiger partial charge in [0.15, 0.2) is 0 Å². The zero-order valence-electron chi connectivity index (χ0n) is 11.9. The summed E-state index contributed by atoms with van der Waals surface area (Å²) in [6.45, 7) is 2.51. The van der Waals surface area contributed by atoms with Gasteiger partial charge in [-0.05, 0) is 31.2 Å². The summed E-state index contributed by atoms with van der Waals surface area (Å²) < 4.78 is 10.5. The zero-order chi connectivity index (χ0) is 14.5. The first-order chi connectivity index (χ1) is 9.63. The Labute approximate surface area is 118 Å². The third-order valence-corrected chi connectivity index (χ3v) is 3.01. The minimum atomic E-state index is 0.577. The van der Waals surface area contributed by atoms with Crippen LogP contribution in [0.15, 0.2) is 30.3 Å². The van der Waals surface area contributed by atoms with E-state index >= 15 is 0 Å². The molecule has 1 aromatic carbocycles. The van der Waals surface area contributed by atoms with E-state index in [1.807, 2.05) is 37.3 Å². The minimum Gasteiger partial charge on any atom is -0.497 e. The number of anilines is 2. The van der Waals surface area contributed by atoms with Gasteiger partial charge in [0.1, 0.15) is 17.3 Å². The Kier molecular flexibility index (Phi) is 4.30. The average Bonchev–Trinajstić information content (AvgIpc) is 2.48. The predicted molar refractivity (Wildman–Crippen MR) is 80.3 cm³/mol. The molecule has 2 aromatic rings.